The lowest BCUT2D eigenvalue weighted by Crippen LogP contribution is -2.32. The first kappa shape index (κ1) is 26.7. The number of aryl methyl sites for hydroxylation is 1. The molecule has 0 unspecified atom stereocenters. The number of nitrogens with one attached hydrogen (secondary N) is 2. The van der Waals surface area contributed by atoms with Gasteiger partial charge >= 0.3 is 0 Å². The van der Waals surface area contributed by atoms with Gasteiger partial charge in [-0.1, -0.05) is 46.3 Å². The van der Waals surface area contributed by atoms with E-state index >= 15 is 0 Å². The van der Waals surface area contributed by atoms with Gasteiger partial charge in [-0.05, 0) is 74.4 Å². The molecule has 3 rings (SSSR count). The van der Waals surface area contributed by atoms with Gasteiger partial charge in [-0.15, -0.1) is 0 Å². The highest BCUT2D eigenvalue weighted by atomic mass is 79.9. The molecule has 36 heavy (non-hydrogen) atoms. The van der Waals surface area contributed by atoms with E-state index in [9.17, 15) is 14.7 Å². The predicted octanol–water partition coefficient (Wildman–Crippen LogP) is 5.23. The first-order valence-electron chi connectivity index (χ1n) is 11.6. The number of halogens is 1. The van der Waals surface area contributed by atoms with Gasteiger partial charge in [-0.2, -0.15) is 5.10 Å². The second kappa shape index (κ2) is 12.7. The van der Waals surface area contributed by atoms with Crippen LogP contribution in [0.3, 0.4) is 0 Å². The van der Waals surface area contributed by atoms with Crippen molar-refractivity contribution < 1.29 is 14.7 Å². The predicted molar refractivity (Wildman–Crippen MR) is 148 cm³/mol. The number of hydrazone groups is 1. The zero-order valence-corrected chi connectivity index (χ0v) is 22.0. The van der Waals surface area contributed by atoms with Crippen LogP contribution in [0.1, 0.15) is 40.9 Å². The minimum absolute atomic E-state index is 0.0336. The SMILES string of the molecule is CCN(CC)c1ccc(C=C(NC(=O)c2ccccc2)C(=O)NN=Cc2cc(Br)cc(C)c2O)cc1. The molecular weight excluding hydrogens is 520 g/mol. The number of rotatable bonds is 9. The molecule has 0 atom stereocenters. The number of benzene rings is 3. The summed E-state index contributed by atoms with van der Waals surface area (Å²) in [6.07, 6.45) is 2.94. The van der Waals surface area contributed by atoms with E-state index in [0.29, 0.717) is 16.7 Å². The molecule has 3 aromatic carbocycles. The van der Waals surface area contributed by atoms with E-state index in [1.165, 1.54) is 6.21 Å². The number of carbonyl (C=O) groups is 2. The van der Waals surface area contributed by atoms with E-state index in [4.69, 9.17) is 0 Å². The molecular formula is C28H29BrN4O3. The first-order chi connectivity index (χ1) is 17.3. The number of hydrogen-bond acceptors (Lipinski definition) is 5. The third-order valence-electron chi connectivity index (χ3n) is 5.53. The number of carbonyl (C=O) groups excluding carboxylic acids is 2. The summed E-state index contributed by atoms with van der Waals surface area (Å²) in [7, 11) is 0. The Bertz CT molecular complexity index is 1270. The molecule has 3 aromatic rings. The van der Waals surface area contributed by atoms with Crippen LogP contribution in [0.2, 0.25) is 0 Å². The Morgan fingerprint density at radius 3 is 2.33 bits per heavy atom. The molecule has 0 aromatic heterocycles. The van der Waals surface area contributed by atoms with Crippen LogP contribution in [-0.4, -0.2) is 36.2 Å². The van der Waals surface area contributed by atoms with E-state index < -0.39 is 11.8 Å². The van der Waals surface area contributed by atoms with Crippen molar-refractivity contribution in [3.8, 4) is 5.75 Å². The van der Waals surface area contributed by atoms with Crippen LogP contribution >= 0.6 is 15.9 Å². The van der Waals surface area contributed by atoms with Crippen LogP contribution in [0.15, 0.2) is 82.0 Å². The highest BCUT2D eigenvalue weighted by molar-refractivity contribution is 9.10. The van der Waals surface area contributed by atoms with Gasteiger partial charge in [-0.3, -0.25) is 9.59 Å². The Kier molecular flexibility index (Phi) is 9.41. The molecule has 0 spiro atoms. The summed E-state index contributed by atoms with van der Waals surface area (Å²) in [5.74, 6) is -0.951. The van der Waals surface area contributed by atoms with Crippen molar-refractivity contribution >= 4 is 45.7 Å². The van der Waals surface area contributed by atoms with E-state index in [1.807, 2.05) is 30.3 Å². The molecule has 0 fully saturated rings. The second-order valence-electron chi connectivity index (χ2n) is 8.00. The smallest absolute Gasteiger partial charge is 0.287 e. The quantitative estimate of drug-likeness (QED) is 0.194. The van der Waals surface area contributed by atoms with Crippen LogP contribution < -0.4 is 15.6 Å². The number of aromatic hydroxyl groups is 1. The monoisotopic (exact) mass is 548 g/mol. The van der Waals surface area contributed by atoms with Crippen molar-refractivity contribution in [3.05, 3.63) is 99.2 Å². The maximum absolute atomic E-state index is 13.0. The molecule has 3 N–H and O–H groups in total. The highest BCUT2D eigenvalue weighted by Gasteiger charge is 2.15. The lowest BCUT2D eigenvalue weighted by atomic mass is 10.1. The van der Waals surface area contributed by atoms with Crippen LogP contribution in [0.5, 0.6) is 5.75 Å². The summed E-state index contributed by atoms with van der Waals surface area (Å²) in [5, 5.41) is 16.9. The average molecular weight is 549 g/mol. The summed E-state index contributed by atoms with van der Waals surface area (Å²) in [6.45, 7) is 7.72. The maximum Gasteiger partial charge on any atom is 0.287 e. The summed E-state index contributed by atoms with van der Waals surface area (Å²) in [6, 6.07) is 19.8. The van der Waals surface area contributed by atoms with Crippen molar-refractivity contribution in [2.45, 2.75) is 20.8 Å². The lowest BCUT2D eigenvalue weighted by Gasteiger charge is -2.21. The summed E-state index contributed by atoms with van der Waals surface area (Å²) >= 11 is 3.38. The van der Waals surface area contributed by atoms with Crippen molar-refractivity contribution in [1.29, 1.82) is 0 Å². The van der Waals surface area contributed by atoms with Crippen molar-refractivity contribution in [2.24, 2.45) is 5.10 Å². The fourth-order valence-corrected chi connectivity index (χ4v) is 4.15. The summed E-state index contributed by atoms with van der Waals surface area (Å²) in [4.78, 5) is 28.0. The molecule has 0 bridgehead atoms. The van der Waals surface area contributed by atoms with Gasteiger partial charge in [0.05, 0.1) is 6.21 Å². The molecule has 0 aliphatic rings. The van der Waals surface area contributed by atoms with E-state index in [2.05, 4.69) is 50.5 Å². The lowest BCUT2D eigenvalue weighted by molar-refractivity contribution is -0.117. The molecule has 7 nitrogen and oxygen atoms in total. The molecule has 186 valence electrons. The van der Waals surface area contributed by atoms with Crippen LogP contribution in [0.25, 0.3) is 6.08 Å². The van der Waals surface area contributed by atoms with Crippen molar-refractivity contribution in [2.75, 3.05) is 18.0 Å². The summed E-state index contributed by atoms with van der Waals surface area (Å²) in [5.41, 5.74) is 5.82. The number of amides is 2. The molecule has 0 saturated carbocycles. The van der Waals surface area contributed by atoms with Crippen molar-refractivity contribution in [3.63, 3.8) is 0 Å². The molecule has 8 heteroatoms. The number of phenols is 1. The summed E-state index contributed by atoms with van der Waals surface area (Å²) < 4.78 is 0.773. The fraction of sp³-hybridized carbons (Fsp3) is 0.179. The minimum atomic E-state index is -0.602. The highest BCUT2D eigenvalue weighted by Crippen LogP contribution is 2.25. The number of anilines is 1. The Balaban J connectivity index is 1.85. The van der Waals surface area contributed by atoms with Gasteiger partial charge in [0.15, 0.2) is 0 Å². The largest absolute Gasteiger partial charge is 0.507 e. The van der Waals surface area contributed by atoms with Gasteiger partial charge < -0.3 is 15.3 Å². The number of nitrogens with zero attached hydrogens (tertiary/aromatic N) is 2. The van der Waals surface area contributed by atoms with E-state index in [1.54, 1.807) is 49.4 Å². The van der Waals surface area contributed by atoms with Gasteiger partial charge in [0.2, 0.25) is 0 Å². The Hall–Kier alpha value is -3.91. The average Bonchev–Trinajstić information content (AvgIpc) is 2.88. The standard InChI is InChI=1S/C28H29BrN4O3/c1-4-33(5-2)24-13-11-20(12-14-24)16-25(31-27(35)21-9-7-6-8-10-21)28(36)32-30-18-22-17-23(29)15-19(3)26(22)34/h6-18,34H,4-5H2,1-3H3,(H,31,35)(H,32,36). The molecule has 0 saturated heterocycles. The van der Waals surface area contributed by atoms with Gasteiger partial charge in [-0.25, -0.2) is 5.43 Å². The topological polar surface area (TPSA) is 94.0 Å². The molecule has 2 amide bonds. The second-order valence-corrected chi connectivity index (χ2v) is 8.92. The number of phenolic OH excluding ortho intramolecular Hbond substituents is 1. The zero-order valence-electron chi connectivity index (χ0n) is 20.5. The Morgan fingerprint density at radius 1 is 1.03 bits per heavy atom. The first-order valence-corrected chi connectivity index (χ1v) is 12.4. The molecule has 0 heterocycles. The maximum atomic E-state index is 13.0. The van der Waals surface area contributed by atoms with Crippen LogP contribution in [0.4, 0.5) is 5.69 Å². The van der Waals surface area contributed by atoms with Crippen molar-refractivity contribution in [1.82, 2.24) is 10.7 Å². The zero-order chi connectivity index (χ0) is 26.1. The third-order valence-corrected chi connectivity index (χ3v) is 5.98. The van der Waals surface area contributed by atoms with Gasteiger partial charge in [0, 0.05) is 34.4 Å². The van der Waals surface area contributed by atoms with Gasteiger partial charge in [0.1, 0.15) is 11.4 Å². The van der Waals surface area contributed by atoms with Crippen LogP contribution in [0, 0.1) is 6.92 Å². The molecule has 0 aliphatic carbocycles. The third kappa shape index (κ3) is 7.05. The fourth-order valence-electron chi connectivity index (χ4n) is 3.56. The Morgan fingerprint density at radius 2 is 1.69 bits per heavy atom. The van der Waals surface area contributed by atoms with Gasteiger partial charge in [0.25, 0.3) is 11.8 Å². The normalized spacial score (nSPS) is 11.4. The Labute approximate surface area is 219 Å². The molecule has 0 aliphatic heterocycles. The molecule has 0 radical (unpaired) electrons. The minimum Gasteiger partial charge on any atom is -0.507 e. The van der Waals surface area contributed by atoms with E-state index in [-0.39, 0.29) is 11.4 Å². The number of hydrogen-bond donors (Lipinski definition) is 3. The van der Waals surface area contributed by atoms with E-state index in [0.717, 1.165) is 28.8 Å². The van der Waals surface area contributed by atoms with Crippen LogP contribution in [-0.2, 0) is 4.79 Å².